The van der Waals surface area contributed by atoms with Crippen molar-refractivity contribution in [1.82, 2.24) is 19.9 Å². The number of ether oxygens (including phenoxy) is 1. The third-order valence-electron chi connectivity index (χ3n) is 4.25. The van der Waals surface area contributed by atoms with Crippen LogP contribution >= 0.6 is 0 Å². The normalized spacial score (nSPS) is 19.9. The summed E-state index contributed by atoms with van der Waals surface area (Å²) < 4.78 is 5.94. The van der Waals surface area contributed by atoms with Gasteiger partial charge in [0.2, 0.25) is 11.9 Å². The van der Waals surface area contributed by atoms with Crippen LogP contribution in [-0.2, 0) is 4.74 Å². The smallest absolute Gasteiger partial charge is 0.229 e. The van der Waals surface area contributed by atoms with Crippen LogP contribution < -0.4 is 10.6 Å². The Labute approximate surface area is 142 Å². The summed E-state index contributed by atoms with van der Waals surface area (Å²) in [7, 11) is 3.78. The molecule has 1 fully saturated rings. The summed E-state index contributed by atoms with van der Waals surface area (Å²) in [5.74, 6) is 1.53. The van der Waals surface area contributed by atoms with Gasteiger partial charge in [0.1, 0.15) is 0 Å². The van der Waals surface area contributed by atoms with Gasteiger partial charge in [0, 0.05) is 27.2 Å². The summed E-state index contributed by atoms with van der Waals surface area (Å²) in [6, 6.07) is 10.3. The molecule has 1 aromatic heterocycles. The maximum atomic E-state index is 5.94. The zero-order chi connectivity index (χ0) is 17.1. The minimum atomic E-state index is 0.0455. The lowest BCUT2D eigenvalue weighted by Crippen LogP contribution is -2.40. The first kappa shape index (κ1) is 16.6. The summed E-state index contributed by atoms with van der Waals surface area (Å²) in [6.07, 6.45) is 0.0647. The molecule has 0 spiro atoms. The lowest BCUT2D eigenvalue weighted by molar-refractivity contribution is -0.0442. The SMILES string of the molecule is C[C@H](c1nc(N)nc(N(C)C)n1)N1CCO[C@@H](c2ccccc2)C1. The number of anilines is 2. The zero-order valence-corrected chi connectivity index (χ0v) is 14.4. The average molecular weight is 328 g/mol. The standard InChI is InChI=1S/C17H24N6O/c1-12(15-19-16(18)21-17(20-15)22(2)3)23-9-10-24-14(11-23)13-7-5-4-6-8-13/h4-8,12,14H,9-11H2,1-3H3,(H2,18,19,20,21)/t12-,14-/m1/s1. The van der Waals surface area contributed by atoms with E-state index in [-0.39, 0.29) is 18.1 Å². The number of rotatable bonds is 4. The highest BCUT2D eigenvalue weighted by Crippen LogP contribution is 2.27. The Kier molecular flexibility index (Phi) is 4.92. The molecule has 0 aliphatic carbocycles. The predicted molar refractivity (Wildman–Crippen MR) is 93.7 cm³/mol. The molecule has 2 atom stereocenters. The highest BCUT2D eigenvalue weighted by atomic mass is 16.5. The van der Waals surface area contributed by atoms with E-state index < -0.39 is 0 Å². The maximum Gasteiger partial charge on any atom is 0.229 e. The lowest BCUT2D eigenvalue weighted by Gasteiger charge is -2.36. The first-order chi connectivity index (χ1) is 11.5. The highest BCUT2D eigenvalue weighted by molar-refractivity contribution is 5.33. The van der Waals surface area contributed by atoms with E-state index >= 15 is 0 Å². The summed E-state index contributed by atoms with van der Waals surface area (Å²) in [5, 5.41) is 0. The first-order valence-electron chi connectivity index (χ1n) is 8.14. The number of hydrogen-bond acceptors (Lipinski definition) is 7. The molecule has 7 heteroatoms. The molecule has 1 aliphatic rings. The molecule has 0 bridgehead atoms. The van der Waals surface area contributed by atoms with Gasteiger partial charge in [0.15, 0.2) is 5.82 Å². The van der Waals surface area contributed by atoms with E-state index in [1.807, 2.05) is 37.2 Å². The third kappa shape index (κ3) is 3.63. The number of nitrogens with zero attached hydrogens (tertiary/aromatic N) is 5. The maximum absolute atomic E-state index is 5.94. The molecule has 3 rings (SSSR count). The highest BCUT2D eigenvalue weighted by Gasteiger charge is 2.27. The minimum Gasteiger partial charge on any atom is -0.371 e. The van der Waals surface area contributed by atoms with Crippen LogP contribution in [0.5, 0.6) is 0 Å². The Bertz CT molecular complexity index is 678. The number of morpholine rings is 1. The molecule has 2 aromatic rings. The first-order valence-corrected chi connectivity index (χ1v) is 8.14. The van der Waals surface area contributed by atoms with E-state index in [4.69, 9.17) is 10.5 Å². The Balaban J connectivity index is 1.78. The monoisotopic (exact) mass is 328 g/mol. The van der Waals surface area contributed by atoms with Gasteiger partial charge in [-0.2, -0.15) is 15.0 Å². The molecule has 1 aromatic carbocycles. The van der Waals surface area contributed by atoms with Crippen LogP contribution in [0.2, 0.25) is 0 Å². The van der Waals surface area contributed by atoms with Gasteiger partial charge in [-0.1, -0.05) is 30.3 Å². The van der Waals surface area contributed by atoms with Crippen molar-refractivity contribution in [1.29, 1.82) is 0 Å². The molecule has 1 saturated heterocycles. The summed E-state index contributed by atoms with van der Waals surface area (Å²) in [6.45, 7) is 4.42. The second-order valence-electron chi connectivity index (χ2n) is 6.19. The van der Waals surface area contributed by atoms with Crippen molar-refractivity contribution in [2.45, 2.75) is 19.1 Å². The van der Waals surface area contributed by atoms with E-state index in [0.717, 1.165) is 13.1 Å². The van der Waals surface area contributed by atoms with Crippen molar-refractivity contribution in [3.8, 4) is 0 Å². The van der Waals surface area contributed by atoms with E-state index in [0.29, 0.717) is 18.4 Å². The number of benzene rings is 1. The molecule has 2 heterocycles. The third-order valence-corrected chi connectivity index (χ3v) is 4.25. The van der Waals surface area contributed by atoms with Crippen molar-refractivity contribution >= 4 is 11.9 Å². The van der Waals surface area contributed by atoms with Crippen LogP contribution in [0.15, 0.2) is 30.3 Å². The minimum absolute atomic E-state index is 0.0455. The molecular weight excluding hydrogens is 304 g/mol. The fourth-order valence-corrected chi connectivity index (χ4v) is 2.84. The van der Waals surface area contributed by atoms with Crippen LogP contribution in [-0.4, -0.2) is 53.6 Å². The topological polar surface area (TPSA) is 80.4 Å². The predicted octanol–water partition coefficient (Wildman–Crippen LogP) is 1.65. The van der Waals surface area contributed by atoms with Crippen molar-refractivity contribution in [2.75, 3.05) is 44.4 Å². The second kappa shape index (κ2) is 7.11. The Morgan fingerprint density at radius 1 is 1.21 bits per heavy atom. The molecule has 24 heavy (non-hydrogen) atoms. The molecule has 2 N–H and O–H groups in total. The van der Waals surface area contributed by atoms with Crippen LogP contribution in [0.1, 0.15) is 30.5 Å². The Morgan fingerprint density at radius 2 is 1.96 bits per heavy atom. The van der Waals surface area contributed by atoms with Crippen LogP contribution in [0.4, 0.5) is 11.9 Å². The van der Waals surface area contributed by atoms with Gasteiger partial charge < -0.3 is 15.4 Å². The number of nitrogen functional groups attached to an aromatic ring is 1. The van der Waals surface area contributed by atoms with E-state index in [9.17, 15) is 0 Å². The Morgan fingerprint density at radius 3 is 2.67 bits per heavy atom. The van der Waals surface area contributed by atoms with Crippen molar-refractivity contribution < 1.29 is 4.74 Å². The van der Waals surface area contributed by atoms with Crippen LogP contribution in [0.3, 0.4) is 0 Å². The van der Waals surface area contributed by atoms with Gasteiger partial charge in [-0.25, -0.2) is 0 Å². The van der Waals surface area contributed by atoms with E-state index in [1.54, 1.807) is 0 Å². The molecular formula is C17H24N6O. The molecule has 0 radical (unpaired) electrons. The van der Waals surface area contributed by atoms with E-state index in [1.165, 1.54) is 5.56 Å². The van der Waals surface area contributed by atoms with Gasteiger partial charge in [0.05, 0.1) is 18.8 Å². The lowest BCUT2D eigenvalue weighted by atomic mass is 10.1. The molecule has 128 valence electrons. The summed E-state index contributed by atoms with van der Waals surface area (Å²) in [4.78, 5) is 17.2. The average Bonchev–Trinajstić information content (AvgIpc) is 2.61. The summed E-state index contributed by atoms with van der Waals surface area (Å²) in [5.41, 5.74) is 7.04. The van der Waals surface area contributed by atoms with Crippen molar-refractivity contribution in [3.05, 3.63) is 41.7 Å². The molecule has 0 amide bonds. The molecule has 0 saturated carbocycles. The van der Waals surface area contributed by atoms with Gasteiger partial charge in [-0.05, 0) is 12.5 Å². The largest absolute Gasteiger partial charge is 0.371 e. The number of hydrogen-bond donors (Lipinski definition) is 1. The second-order valence-corrected chi connectivity index (χ2v) is 6.19. The fraction of sp³-hybridized carbons (Fsp3) is 0.471. The van der Waals surface area contributed by atoms with Gasteiger partial charge in [0.25, 0.3) is 0 Å². The van der Waals surface area contributed by atoms with Gasteiger partial charge in [-0.15, -0.1) is 0 Å². The van der Waals surface area contributed by atoms with Crippen LogP contribution in [0, 0.1) is 0 Å². The van der Waals surface area contributed by atoms with Crippen molar-refractivity contribution in [2.24, 2.45) is 0 Å². The quantitative estimate of drug-likeness (QED) is 0.914. The number of aromatic nitrogens is 3. The number of nitrogens with two attached hydrogens (primary N) is 1. The fourth-order valence-electron chi connectivity index (χ4n) is 2.84. The van der Waals surface area contributed by atoms with Crippen molar-refractivity contribution in [3.63, 3.8) is 0 Å². The Hall–Kier alpha value is -2.25. The van der Waals surface area contributed by atoms with Gasteiger partial charge >= 0.3 is 0 Å². The zero-order valence-electron chi connectivity index (χ0n) is 14.4. The van der Waals surface area contributed by atoms with E-state index in [2.05, 4.69) is 38.9 Å². The molecule has 0 unspecified atom stereocenters. The molecule has 1 aliphatic heterocycles. The van der Waals surface area contributed by atoms with Crippen LogP contribution in [0.25, 0.3) is 0 Å². The van der Waals surface area contributed by atoms with Gasteiger partial charge in [-0.3, -0.25) is 4.90 Å². The summed E-state index contributed by atoms with van der Waals surface area (Å²) >= 11 is 0. The molecule has 7 nitrogen and oxygen atoms in total.